The second-order valence-corrected chi connectivity index (χ2v) is 5.83. The number of nitrogens with zero attached hydrogens (tertiary/aromatic N) is 3. The third kappa shape index (κ3) is 3.59. The summed E-state index contributed by atoms with van der Waals surface area (Å²) in [6.07, 6.45) is 3.41. The predicted octanol–water partition coefficient (Wildman–Crippen LogP) is 2.40. The number of halogens is 1. The lowest BCUT2D eigenvalue weighted by atomic mass is 10.0. The molecule has 1 saturated heterocycles. The quantitative estimate of drug-likeness (QED) is 0.927. The van der Waals surface area contributed by atoms with Gasteiger partial charge in [0.1, 0.15) is 0 Å². The van der Waals surface area contributed by atoms with E-state index in [0.717, 1.165) is 44.8 Å². The number of amides is 1. The standard InChI is InChI=1S/C15H23ClN4O/c1-3-11(4-2)15(21)20-7-5-19(6-8-20)14-13(17)9-12(16)10-18-14/h9-11H,3-8,17H2,1-2H3. The molecule has 2 N–H and O–H groups in total. The molecular weight excluding hydrogens is 288 g/mol. The lowest BCUT2D eigenvalue weighted by molar-refractivity contribution is -0.136. The van der Waals surface area contributed by atoms with Gasteiger partial charge in [-0.3, -0.25) is 4.79 Å². The zero-order valence-electron chi connectivity index (χ0n) is 12.7. The van der Waals surface area contributed by atoms with Gasteiger partial charge in [-0.1, -0.05) is 25.4 Å². The van der Waals surface area contributed by atoms with Gasteiger partial charge < -0.3 is 15.5 Å². The van der Waals surface area contributed by atoms with Crippen LogP contribution < -0.4 is 10.6 Å². The molecule has 6 heteroatoms. The lowest BCUT2D eigenvalue weighted by Gasteiger charge is -2.37. The SMILES string of the molecule is CCC(CC)C(=O)N1CCN(c2ncc(Cl)cc2N)CC1. The van der Waals surface area contributed by atoms with Crippen LogP contribution in [0.4, 0.5) is 11.5 Å². The van der Waals surface area contributed by atoms with E-state index in [9.17, 15) is 4.79 Å². The van der Waals surface area contributed by atoms with Crippen LogP contribution in [0.5, 0.6) is 0 Å². The zero-order valence-corrected chi connectivity index (χ0v) is 13.4. The molecule has 0 aliphatic carbocycles. The smallest absolute Gasteiger partial charge is 0.225 e. The average Bonchev–Trinajstić information content (AvgIpc) is 2.48. The fraction of sp³-hybridized carbons (Fsp3) is 0.600. The van der Waals surface area contributed by atoms with Crippen molar-refractivity contribution in [2.75, 3.05) is 36.8 Å². The Hall–Kier alpha value is -1.49. The Balaban J connectivity index is 1.98. The third-order valence-corrected chi connectivity index (χ3v) is 4.29. The average molecular weight is 311 g/mol. The molecule has 116 valence electrons. The van der Waals surface area contributed by atoms with E-state index >= 15 is 0 Å². The van der Waals surface area contributed by atoms with Crippen molar-refractivity contribution >= 4 is 29.0 Å². The predicted molar refractivity (Wildman–Crippen MR) is 86.5 cm³/mol. The first kappa shape index (κ1) is 15.9. The number of rotatable bonds is 4. The molecule has 1 aliphatic rings. The molecule has 0 radical (unpaired) electrons. The van der Waals surface area contributed by atoms with Crippen LogP contribution in [0, 0.1) is 5.92 Å². The van der Waals surface area contributed by atoms with Crippen molar-refractivity contribution in [2.24, 2.45) is 5.92 Å². The van der Waals surface area contributed by atoms with Crippen LogP contribution in [0.2, 0.25) is 5.02 Å². The number of hydrogen-bond donors (Lipinski definition) is 1. The maximum atomic E-state index is 12.4. The molecule has 0 spiro atoms. The molecule has 2 rings (SSSR count). The molecule has 1 aliphatic heterocycles. The highest BCUT2D eigenvalue weighted by Crippen LogP contribution is 2.24. The van der Waals surface area contributed by atoms with E-state index < -0.39 is 0 Å². The second-order valence-electron chi connectivity index (χ2n) is 5.39. The third-order valence-electron chi connectivity index (χ3n) is 4.09. The van der Waals surface area contributed by atoms with E-state index in [2.05, 4.69) is 23.7 Å². The summed E-state index contributed by atoms with van der Waals surface area (Å²) in [6.45, 7) is 7.09. The summed E-state index contributed by atoms with van der Waals surface area (Å²) in [4.78, 5) is 20.7. The monoisotopic (exact) mass is 310 g/mol. The topological polar surface area (TPSA) is 62.5 Å². The summed E-state index contributed by atoms with van der Waals surface area (Å²) in [5.41, 5.74) is 6.55. The first-order chi connectivity index (χ1) is 10.1. The first-order valence-electron chi connectivity index (χ1n) is 7.51. The number of piperazine rings is 1. The maximum absolute atomic E-state index is 12.4. The molecule has 1 amide bonds. The van der Waals surface area contributed by atoms with Gasteiger partial charge in [0.2, 0.25) is 5.91 Å². The van der Waals surface area contributed by atoms with Crippen molar-refractivity contribution in [3.8, 4) is 0 Å². The van der Waals surface area contributed by atoms with Gasteiger partial charge in [-0.15, -0.1) is 0 Å². The van der Waals surface area contributed by atoms with E-state index in [1.54, 1.807) is 12.3 Å². The van der Waals surface area contributed by atoms with Gasteiger partial charge in [0.15, 0.2) is 5.82 Å². The van der Waals surface area contributed by atoms with Crippen molar-refractivity contribution in [3.05, 3.63) is 17.3 Å². The molecule has 21 heavy (non-hydrogen) atoms. The van der Waals surface area contributed by atoms with Gasteiger partial charge in [0, 0.05) is 38.3 Å². The highest BCUT2D eigenvalue weighted by atomic mass is 35.5. The number of carbonyl (C=O) groups excluding carboxylic acids is 1. The number of nitrogen functional groups attached to an aromatic ring is 1. The van der Waals surface area contributed by atoms with E-state index in [1.165, 1.54) is 0 Å². The molecule has 0 saturated carbocycles. The minimum Gasteiger partial charge on any atom is -0.396 e. The van der Waals surface area contributed by atoms with Gasteiger partial charge >= 0.3 is 0 Å². The number of carbonyl (C=O) groups is 1. The van der Waals surface area contributed by atoms with E-state index in [-0.39, 0.29) is 11.8 Å². The molecule has 1 aromatic rings. The van der Waals surface area contributed by atoms with Crippen LogP contribution in [-0.4, -0.2) is 42.0 Å². The Kier molecular flexibility index (Phi) is 5.28. The van der Waals surface area contributed by atoms with Crippen LogP contribution in [-0.2, 0) is 4.79 Å². The highest BCUT2D eigenvalue weighted by Gasteiger charge is 2.26. The van der Waals surface area contributed by atoms with Crippen molar-refractivity contribution in [2.45, 2.75) is 26.7 Å². The maximum Gasteiger partial charge on any atom is 0.225 e. The molecule has 0 aromatic carbocycles. The summed E-state index contributed by atoms with van der Waals surface area (Å²) >= 11 is 5.87. The summed E-state index contributed by atoms with van der Waals surface area (Å²) in [6, 6.07) is 1.71. The Labute approximate surface area is 131 Å². The Morgan fingerprint density at radius 3 is 2.48 bits per heavy atom. The minimum absolute atomic E-state index is 0.148. The van der Waals surface area contributed by atoms with Crippen molar-refractivity contribution in [1.29, 1.82) is 0 Å². The Morgan fingerprint density at radius 1 is 1.33 bits per heavy atom. The summed E-state index contributed by atoms with van der Waals surface area (Å²) in [7, 11) is 0. The number of nitrogens with two attached hydrogens (primary N) is 1. The normalized spacial score (nSPS) is 15.6. The zero-order chi connectivity index (χ0) is 15.4. The van der Waals surface area contributed by atoms with Crippen molar-refractivity contribution in [3.63, 3.8) is 0 Å². The van der Waals surface area contributed by atoms with Gasteiger partial charge in [0.05, 0.1) is 10.7 Å². The van der Waals surface area contributed by atoms with Gasteiger partial charge in [-0.05, 0) is 18.9 Å². The van der Waals surface area contributed by atoms with Crippen LogP contribution in [0.15, 0.2) is 12.3 Å². The summed E-state index contributed by atoms with van der Waals surface area (Å²) in [5, 5.41) is 0.541. The number of hydrogen-bond acceptors (Lipinski definition) is 4. The molecule has 1 fully saturated rings. The number of aromatic nitrogens is 1. The summed E-state index contributed by atoms with van der Waals surface area (Å²) < 4.78 is 0. The second kappa shape index (κ2) is 6.98. The minimum atomic E-state index is 0.148. The molecule has 0 unspecified atom stereocenters. The summed E-state index contributed by atoms with van der Waals surface area (Å²) in [5.74, 6) is 1.18. The van der Waals surface area contributed by atoms with Gasteiger partial charge in [-0.2, -0.15) is 0 Å². The lowest BCUT2D eigenvalue weighted by Crippen LogP contribution is -2.50. The number of anilines is 2. The van der Waals surface area contributed by atoms with E-state index in [0.29, 0.717) is 10.7 Å². The van der Waals surface area contributed by atoms with Crippen LogP contribution in [0.1, 0.15) is 26.7 Å². The van der Waals surface area contributed by atoms with Gasteiger partial charge in [0.25, 0.3) is 0 Å². The van der Waals surface area contributed by atoms with Crippen LogP contribution in [0.3, 0.4) is 0 Å². The first-order valence-corrected chi connectivity index (χ1v) is 7.89. The Bertz CT molecular complexity index is 496. The Morgan fingerprint density at radius 2 is 1.95 bits per heavy atom. The van der Waals surface area contributed by atoms with E-state index in [1.807, 2.05) is 4.90 Å². The molecule has 2 heterocycles. The van der Waals surface area contributed by atoms with E-state index in [4.69, 9.17) is 17.3 Å². The number of pyridine rings is 1. The van der Waals surface area contributed by atoms with Crippen LogP contribution in [0.25, 0.3) is 0 Å². The van der Waals surface area contributed by atoms with Gasteiger partial charge in [-0.25, -0.2) is 4.98 Å². The fourth-order valence-electron chi connectivity index (χ4n) is 2.75. The molecule has 5 nitrogen and oxygen atoms in total. The van der Waals surface area contributed by atoms with Crippen molar-refractivity contribution in [1.82, 2.24) is 9.88 Å². The largest absolute Gasteiger partial charge is 0.396 e. The van der Waals surface area contributed by atoms with Crippen LogP contribution >= 0.6 is 11.6 Å². The molecule has 1 aromatic heterocycles. The fourth-order valence-corrected chi connectivity index (χ4v) is 2.91. The molecule has 0 atom stereocenters. The highest BCUT2D eigenvalue weighted by molar-refractivity contribution is 6.30. The molecular formula is C15H23ClN4O. The van der Waals surface area contributed by atoms with Crippen molar-refractivity contribution < 1.29 is 4.79 Å². The molecule has 0 bridgehead atoms.